The van der Waals surface area contributed by atoms with E-state index in [1.807, 2.05) is 20.8 Å². The summed E-state index contributed by atoms with van der Waals surface area (Å²) >= 11 is 0. The third kappa shape index (κ3) is 3.54. The van der Waals surface area contributed by atoms with Crippen LogP contribution in [0.2, 0.25) is 0 Å². The molecular weight excluding hydrogens is 278 g/mol. The molecule has 1 amide bonds. The molecule has 22 heavy (non-hydrogen) atoms. The molecule has 3 N–H and O–H groups in total. The zero-order valence-electron chi connectivity index (χ0n) is 13.7. The Kier molecular flexibility index (Phi) is 4.37. The summed E-state index contributed by atoms with van der Waals surface area (Å²) in [5, 5.41) is 6.83. The zero-order chi connectivity index (χ0) is 16.5. The van der Waals surface area contributed by atoms with E-state index in [9.17, 15) is 4.79 Å². The number of nitrogens with zero attached hydrogens (tertiary/aromatic N) is 1. The van der Waals surface area contributed by atoms with Gasteiger partial charge in [-0.05, 0) is 40.2 Å². The Balaban J connectivity index is 2.20. The first-order chi connectivity index (χ1) is 10.2. The van der Waals surface area contributed by atoms with Gasteiger partial charge in [0.15, 0.2) is 0 Å². The summed E-state index contributed by atoms with van der Waals surface area (Å²) < 4.78 is 4.93. The molecule has 1 atom stereocenters. The van der Waals surface area contributed by atoms with Gasteiger partial charge in [0.2, 0.25) is 0 Å². The molecule has 0 saturated carbocycles. The van der Waals surface area contributed by atoms with Gasteiger partial charge in [-0.3, -0.25) is 4.79 Å². The highest BCUT2D eigenvalue weighted by Gasteiger charge is 2.27. The standard InChI is InChI=1S/C17H23N3O2/c1-10-6-11(2)8-13(7-10)12(3)19-16(21)14-9-22-20-15(14)17(4,5)18/h6-9,12H,18H2,1-5H3,(H,19,21). The fourth-order valence-corrected chi connectivity index (χ4v) is 2.48. The normalized spacial score (nSPS) is 13.0. The number of aromatic nitrogens is 1. The fraction of sp³-hybridized carbons (Fsp3) is 0.412. The van der Waals surface area contributed by atoms with Crippen molar-refractivity contribution in [2.24, 2.45) is 5.73 Å². The van der Waals surface area contributed by atoms with Crippen molar-refractivity contribution in [3.05, 3.63) is 52.4 Å². The summed E-state index contributed by atoms with van der Waals surface area (Å²) in [7, 11) is 0. The van der Waals surface area contributed by atoms with Gasteiger partial charge in [-0.2, -0.15) is 0 Å². The lowest BCUT2D eigenvalue weighted by molar-refractivity contribution is 0.0937. The molecule has 0 radical (unpaired) electrons. The molecule has 5 nitrogen and oxygen atoms in total. The van der Waals surface area contributed by atoms with Crippen molar-refractivity contribution in [3.8, 4) is 0 Å². The van der Waals surface area contributed by atoms with Crippen molar-refractivity contribution in [1.29, 1.82) is 0 Å². The van der Waals surface area contributed by atoms with E-state index < -0.39 is 5.54 Å². The first-order valence-electron chi connectivity index (χ1n) is 7.31. The highest BCUT2D eigenvalue weighted by molar-refractivity contribution is 5.95. The average Bonchev–Trinajstić information content (AvgIpc) is 2.86. The molecule has 1 aromatic heterocycles. The predicted molar refractivity (Wildman–Crippen MR) is 85.5 cm³/mol. The van der Waals surface area contributed by atoms with E-state index in [0.29, 0.717) is 11.3 Å². The summed E-state index contributed by atoms with van der Waals surface area (Å²) in [6, 6.07) is 6.13. The van der Waals surface area contributed by atoms with Gasteiger partial charge >= 0.3 is 0 Å². The Morgan fingerprint density at radius 3 is 2.41 bits per heavy atom. The molecule has 1 heterocycles. The van der Waals surface area contributed by atoms with Crippen LogP contribution in [0.5, 0.6) is 0 Å². The molecule has 0 spiro atoms. The Labute approximate surface area is 130 Å². The van der Waals surface area contributed by atoms with Crippen molar-refractivity contribution < 1.29 is 9.32 Å². The maximum atomic E-state index is 12.5. The highest BCUT2D eigenvalue weighted by Crippen LogP contribution is 2.21. The number of hydrogen-bond donors (Lipinski definition) is 2. The highest BCUT2D eigenvalue weighted by atomic mass is 16.5. The van der Waals surface area contributed by atoms with Crippen LogP contribution >= 0.6 is 0 Å². The van der Waals surface area contributed by atoms with Gasteiger partial charge in [0.25, 0.3) is 5.91 Å². The molecule has 1 aromatic carbocycles. The third-order valence-corrected chi connectivity index (χ3v) is 3.52. The third-order valence-electron chi connectivity index (χ3n) is 3.52. The predicted octanol–water partition coefficient (Wildman–Crippen LogP) is 2.98. The van der Waals surface area contributed by atoms with Gasteiger partial charge in [0.1, 0.15) is 17.5 Å². The second kappa shape index (κ2) is 5.93. The summed E-state index contributed by atoms with van der Waals surface area (Å²) in [4.78, 5) is 12.5. The number of benzene rings is 1. The number of carbonyl (C=O) groups excluding carboxylic acids is 1. The molecular formula is C17H23N3O2. The second-order valence-electron chi connectivity index (χ2n) is 6.41. The summed E-state index contributed by atoms with van der Waals surface area (Å²) in [6.07, 6.45) is 1.34. The van der Waals surface area contributed by atoms with Gasteiger partial charge in [-0.15, -0.1) is 0 Å². The number of rotatable bonds is 4. The average molecular weight is 301 g/mol. The smallest absolute Gasteiger partial charge is 0.257 e. The summed E-state index contributed by atoms with van der Waals surface area (Å²) in [5.74, 6) is -0.235. The minimum Gasteiger partial charge on any atom is -0.364 e. The molecule has 5 heteroatoms. The summed E-state index contributed by atoms with van der Waals surface area (Å²) in [5.41, 5.74) is 9.53. The Morgan fingerprint density at radius 2 is 1.86 bits per heavy atom. The van der Waals surface area contributed by atoms with Crippen LogP contribution in [0.3, 0.4) is 0 Å². The van der Waals surface area contributed by atoms with Crippen LogP contribution in [0.15, 0.2) is 29.0 Å². The molecule has 118 valence electrons. The van der Waals surface area contributed by atoms with E-state index in [4.69, 9.17) is 10.3 Å². The molecule has 2 rings (SSSR count). The summed E-state index contributed by atoms with van der Waals surface area (Å²) in [6.45, 7) is 9.61. The Bertz CT molecular complexity index is 663. The second-order valence-corrected chi connectivity index (χ2v) is 6.41. The number of hydrogen-bond acceptors (Lipinski definition) is 4. The number of nitrogens with one attached hydrogen (secondary N) is 1. The SMILES string of the molecule is Cc1cc(C)cc(C(C)NC(=O)c2conc2C(C)(C)N)c1. The zero-order valence-corrected chi connectivity index (χ0v) is 13.7. The minimum atomic E-state index is -0.733. The van der Waals surface area contributed by atoms with Gasteiger partial charge < -0.3 is 15.6 Å². The number of carbonyl (C=O) groups is 1. The lowest BCUT2D eigenvalue weighted by Crippen LogP contribution is -2.34. The van der Waals surface area contributed by atoms with Gasteiger partial charge in [-0.1, -0.05) is 34.5 Å². The van der Waals surface area contributed by atoms with Crippen LogP contribution in [0, 0.1) is 13.8 Å². The van der Waals surface area contributed by atoms with Crippen LogP contribution in [0.1, 0.15) is 59.6 Å². The minimum absolute atomic E-state index is 0.116. The maximum Gasteiger partial charge on any atom is 0.257 e. The van der Waals surface area contributed by atoms with E-state index in [1.54, 1.807) is 13.8 Å². The number of nitrogens with two attached hydrogens (primary N) is 1. The lowest BCUT2D eigenvalue weighted by atomic mass is 9.97. The molecule has 2 aromatic rings. The van der Waals surface area contributed by atoms with Crippen molar-refractivity contribution in [2.45, 2.75) is 46.2 Å². The molecule has 0 saturated heterocycles. The Hall–Kier alpha value is -2.14. The van der Waals surface area contributed by atoms with E-state index in [-0.39, 0.29) is 11.9 Å². The molecule has 1 unspecified atom stereocenters. The van der Waals surface area contributed by atoms with Crippen molar-refractivity contribution in [2.75, 3.05) is 0 Å². The quantitative estimate of drug-likeness (QED) is 0.909. The van der Waals surface area contributed by atoms with Gasteiger partial charge in [0.05, 0.1) is 11.6 Å². The van der Waals surface area contributed by atoms with Gasteiger partial charge in [-0.25, -0.2) is 0 Å². The van der Waals surface area contributed by atoms with E-state index in [2.05, 4.69) is 28.7 Å². The first-order valence-corrected chi connectivity index (χ1v) is 7.31. The molecule has 0 aliphatic carbocycles. The molecule has 0 aliphatic rings. The largest absolute Gasteiger partial charge is 0.364 e. The van der Waals surface area contributed by atoms with Gasteiger partial charge in [0, 0.05) is 0 Å². The Morgan fingerprint density at radius 1 is 1.27 bits per heavy atom. The maximum absolute atomic E-state index is 12.5. The number of amides is 1. The van der Waals surface area contributed by atoms with Crippen LogP contribution in [-0.2, 0) is 5.54 Å². The van der Waals surface area contributed by atoms with Crippen LogP contribution in [-0.4, -0.2) is 11.1 Å². The molecule has 0 aliphatic heterocycles. The van der Waals surface area contributed by atoms with Crippen LogP contribution in [0.25, 0.3) is 0 Å². The molecule has 0 fully saturated rings. The van der Waals surface area contributed by atoms with E-state index in [0.717, 1.165) is 5.56 Å². The van der Waals surface area contributed by atoms with Crippen LogP contribution in [0.4, 0.5) is 0 Å². The van der Waals surface area contributed by atoms with Crippen molar-refractivity contribution in [3.63, 3.8) is 0 Å². The topological polar surface area (TPSA) is 81.2 Å². The van der Waals surface area contributed by atoms with Crippen LogP contribution < -0.4 is 11.1 Å². The van der Waals surface area contributed by atoms with Crippen molar-refractivity contribution >= 4 is 5.91 Å². The lowest BCUT2D eigenvalue weighted by Gasteiger charge is -2.18. The van der Waals surface area contributed by atoms with E-state index in [1.165, 1.54) is 17.4 Å². The first kappa shape index (κ1) is 16.2. The van der Waals surface area contributed by atoms with Crippen molar-refractivity contribution in [1.82, 2.24) is 10.5 Å². The van der Waals surface area contributed by atoms with E-state index >= 15 is 0 Å². The fourth-order valence-electron chi connectivity index (χ4n) is 2.48. The molecule has 0 bridgehead atoms. The number of aryl methyl sites for hydroxylation is 2. The monoisotopic (exact) mass is 301 g/mol.